The molecule has 4 nitrogen and oxygen atoms in total. The van der Waals surface area contributed by atoms with Crippen LogP contribution in [0.1, 0.15) is 50.1 Å². The number of nitrogens with zero attached hydrogens (tertiary/aromatic N) is 2. The van der Waals surface area contributed by atoms with Crippen LogP contribution in [0, 0.1) is 5.92 Å². The first-order chi connectivity index (χ1) is 10.0. The molecule has 1 aliphatic rings. The van der Waals surface area contributed by atoms with Gasteiger partial charge in [-0.2, -0.15) is 0 Å². The van der Waals surface area contributed by atoms with Crippen molar-refractivity contribution in [2.45, 2.75) is 39.7 Å². The second-order valence-electron chi connectivity index (χ2n) is 6.08. The molecule has 0 unspecified atom stereocenters. The third-order valence-corrected chi connectivity index (χ3v) is 4.40. The predicted octanol–water partition coefficient (Wildman–Crippen LogP) is 3.18. The van der Waals surface area contributed by atoms with Gasteiger partial charge in [0.25, 0.3) is 5.91 Å². The molecule has 1 saturated heterocycles. The van der Waals surface area contributed by atoms with Crippen molar-refractivity contribution < 1.29 is 4.79 Å². The van der Waals surface area contributed by atoms with Crippen molar-refractivity contribution in [3.8, 4) is 0 Å². The normalized spacial score (nSPS) is 16.4. The molecule has 21 heavy (non-hydrogen) atoms. The second kappa shape index (κ2) is 7.32. The fourth-order valence-electron chi connectivity index (χ4n) is 2.94. The summed E-state index contributed by atoms with van der Waals surface area (Å²) in [5, 5.41) is 4.00. The van der Waals surface area contributed by atoms with Gasteiger partial charge in [0.05, 0.1) is 5.02 Å². The van der Waals surface area contributed by atoms with E-state index in [1.54, 1.807) is 6.07 Å². The Hall–Kier alpha value is -1.00. The standard InChI is InChI=1S/C16H26ClN3O/c1-4-19(10-13-5-7-18-8-6-13)16(21)15-9-14(17)11-20(15)12(2)3/h9,11-13,18H,4-8,10H2,1-3H3. The number of rotatable bonds is 5. The zero-order chi connectivity index (χ0) is 15.4. The Labute approximate surface area is 132 Å². The van der Waals surface area contributed by atoms with Gasteiger partial charge in [-0.3, -0.25) is 4.79 Å². The molecule has 118 valence electrons. The van der Waals surface area contributed by atoms with Crippen LogP contribution >= 0.6 is 11.6 Å². The molecule has 2 rings (SSSR count). The van der Waals surface area contributed by atoms with Gasteiger partial charge in [-0.1, -0.05) is 11.6 Å². The molecule has 0 aliphatic carbocycles. The number of nitrogens with one attached hydrogen (secondary N) is 1. The lowest BCUT2D eigenvalue weighted by Gasteiger charge is -2.30. The zero-order valence-corrected chi connectivity index (χ0v) is 14.0. The number of piperidine rings is 1. The van der Waals surface area contributed by atoms with E-state index in [0.29, 0.717) is 16.6 Å². The Kier molecular flexibility index (Phi) is 5.71. The maximum Gasteiger partial charge on any atom is 0.270 e. The van der Waals surface area contributed by atoms with Crippen molar-refractivity contribution >= 4 is 17.5 Å². The number of hydrogen-bond donors (Lipinski definition) is 1. The predicted molar refractivity (Wildman–Crippen MR) is 87.0 cm³/mol. The average molecular weight is 312 g/mol. The molecule has 1 aliphatic heterocycles. The van der Waals surface area contributed by atoms with Crippen molar-refractivity contribution in [1.82, 2.24) is 14.8 Å². The number of halogens is 1. The highest BCUT2D eigenvalue weighted by Crippen LogP contribution is 2.21. The third kappa shape index (κ3) is 4.01. The van der Waals surface area contributed by atoms with Crippen molar-refractivity contribution in [2.24, 2.45) is 5.92 Å². The van der Waals surface area contributed by atoms with Crippen molar-refractivity contribution in [3.63, 3.8) is 0 Å². The van der Waals surface area contributed by atoms with E-state index in [1.165, 1.54) is 0 Å². The summed E-state index contributed by atoms with van der Waals surface area (Å²) in [7, 11) is 0. The molecule has 0 saturated carbocycles. The Balaban J connectivity index is 2.12. The molecule has 1 aromatic heterocycles. The van der Waals surface area contributed by atoms with Gasteiger partial charge in [-0.15, -0.1) is 0 Å². The molecular formula is C16H26ClN3O. The Morgan fingerprint density at radius 1 is 1.48 bits per heavy atom. The number of aromatic nitrogens is 1. The van der Waals surface area contributed by atoms with E-state index < -0.39 is 0 Å². The first-order valence-electron chi connectivity index (χ1n) is 7.90. The van der Waals surface area contributed by atoms with Gasteiger partial charge >= 0.3 is 0 Å². The van der Waals surface area contributed by atoms with Crippen LogP contribution < -0.4 is 5.32 Å². The van der Waals surface area contributed by atoms with Crippen LogP contribution in [0.15, 0.2) is 12.3 Å². The highest BCUT2D eigenvalue weighted by molar-refractivity contribution is 6.31. The highest BCUT2D eigenvalue weighted by Gasteiger charge is 2.23. The Bertz CT molecular complexity index is 478. The molecule has 1 amide bonds. The molecule has 0 atom stereocenters. The highest BCUT2D eigenvalue weighted by atomic mass is 35.5. The number of carbonyl (C=O) groups is 1. The Morgan fingerprint density at radius 2 is 2.14 bits per heavy atom. The number of carbonyl (C=O) groups excluding carboxylic acids is 1. The van der Waals surface area contributed by atoms with Crippen LogP contribution in [0.2, 0.25) is 5.02 Å². The lowest BCUT2D eigenvalue weighted by Crippen LogP contribution is -2.40. The van der Waals surface area contributed by atoms with Gasteiger partial charge in [-0.05, 0) is 58.7 Å². The molecule has 2 heterocycles. The summed E-state index contributed by atoms with van der Waals surface area (Å²) in [6.07, 6.45) is 4.14. The van der Waals surface area contributed by atoms with Crippen LogP contribution in [-0.4, -0.2) is 41.6 Å². The molecule has 1 fully saturated rings. The third-order valence-electron chi connectivity index (χ3n) is 4.20. The summed E-state index contributed by atoms with van der Waals surface area (Å²) in [6.45, 7) is 9.88. The lowest BCUT2D eigenvalue weighted by atomic mass is 9.97. The Morgan fingerprint density at radius 3 is 2.71 bits per heavy atom. The summed E-state index contributed by atoms with van der Waals surface area (Å²) in [5.41, 5.74) is 0.700. The summed E-state index contributed by atoms with van der Waals surface area (Å²) >= 11 is 6.09. The monoisotopic (exact) mass is 311 g/mol. The maximum absolute atomic E-state index is 12.8. The fourth-order valence-corrected chi connectivity index (χ4v) is 3.15. The van der Waals surface area contributed by atoms with E-state index in [9.17, 15) is 4.79 Å². The molecule has 0 aromatic carbocycles. The number of hydrogen-bond acceptors (Lipinski definition) is 2. The van der Waals surface area contributed by atoms with Gasteiger partial charge in [-0.25, -0.2) is 0 Å². The molecule has 5 heteroatoms. The molecule has 0 radical (unpaired) electrons. The van der Waals surface area contributed by atoms with Crippen LogP contribution in [0.5, 0.6) is 0 Å². The van der Waals surface area contributed by atoms with Crippen LogP contribution in [-0.2, 0) is 0 Å². The van der Waals surface area contributed by atoms with E-state index in [4.69, 9.17) is 11.6 Å². The average Bonchev–Trinajstić information content (AvgIpc) is 2.87. The minimum atomic E-state index is 0.0941. The summed E-state index contributed by atoms with van der Waals surface area (Å²) in [5.74, 6) is 0.699. The van der Waals surface area contributed by atoms with Gasteiger partial charge in [0.2, 0.25) is 0 Å². The quantitative estimate of drug-likeness (QED) is 0.907. The van der Waals surface area contributed by atoms with Gasteiger partial charge in [0, 0.05) is 25.3 Å². The van der Waals surface area contributed by atoms with E-state index >= 15 is 0 Å². The minimum absolute atomic E-state index is 0.0941. The largest absolute Gasteiger partial charge is 0.339 e. The van der Waals surface area contributed by atoms with Gasteiger partial charge < -0.3 is 14.8 Å². The van der Waals surface area contributed by atoms with Crippen molar-refractivity contribution in [1.29, 1.82) is 0 Å². The molecule has 0 spiro atoms. The summed E-state index contributed by atoms with van der Waals surface area (Å²) < 4.78 is 1.97. The van der Waals surface area contributed by atoms with Crippen LogP contribution in [0.25, 0.3) is 0 Å². The fraction of sp³-hybridized carbons (Fsp3) is 0.688. The SMILES string of the molecule is CCN(CC1CCNCC1)C(=O)c1cc(Cl)cn1C(C)C. The second-order valence-corrected chi connectivity index (χ2v) is 6.52. The molecule has 0 bridgehead atoms. The van der Waals surface area contributed by atoms with Crippen molar-refractivity contribution in [2.75, 3.05) is 26.2 Å². The van der Waals surface area contributed by atoms with Gasteiger partial charge in [0.15, 0.2) is 0 Å². The van der Waals surface area contributed by atoms with Crippen LogP contribution in [0.4, 0.5) is 0 Å². The smallest absolute Gasteiger partial charge is 0.270 e. The molecular weight excluding hydrogens is 286 g/mol. The molecule has 1 N–H and O–H groups in total. The topological polar surface area (TPSA) is 37.3 Å². The molecule has 1 aromatic rings. The minimum Gasteiger partial charge on any atom is -0.339 e. The van der Waals surface area contributed by atoms with Crippen LogP contribution in [0.3, 0.4) is 0 Å². The number of amides is 1. The first-order valence-corrected chi connectivity index (χ1v) is 8.28. The van der Waals surface area contributed by atoms with E-state index in [-0.39, 0.29) is 11.9 Å². The van der Waals surface area contributed by atoms with E-state index in [0.717, 1.165) is 39.0 Å². The maximum atomic E-state index is 12.8. The first kappa shape index (κ1) is 16.4. The summed E-state index contributed by atoms with van der Waals surface area (Å²) in [6, 6.07) is 2.02. The van der Waals surface area contributed by atoms with E-state index in [2.05, 4.69) is 19.2 Å². The zero-order valence-electron chi connectivity index (χ0n) is 13.2. The summed E-state index contributed by atoms with van der Waals surface area (Å²) in [4.78, 5) is 14.8. The van der Waals surface area contributed by atoms with E-state index in [1.807, 2.05) is 22.6 Å². The van der Waals surface area contributed by atoms with Gasteiger partial charge in [0.1, 0.15) is 5.69 Å². The lowest BCUT2D eigenvalue weighted by molar-refractivity contribution is 0.0714. The van der Waals surface area contributed by atoms with Crippen molar-refractivity contribution in [3.05, 3.63) is 23.0 Å².